The minimum atomic E-state index is -0.816. The normalized spacial score (nSPS) is 28.1. The number of benzene rings is 1. The van der Waals surface area contributed by atoms with Crippen LogP contribution in [-0.4, -0.2) is 5.11 Å². The molecule has 1 unspecified atom stereocenters. The van der Waals surface area contributed by atoms with E-state index in [4.69, 9.17) is 0 Å². The van der Waals surface area contributed by atoms with E-state index in [1.165, 1.54) is 12.1 Å². The second-order valence-electron chi connectivity index (χ2n) is 5.91. The second-order valence-corrected chi connectivity index (χ2v) is 5.91. The Kier molecular flexibility index (Phi) is 3.03. The minimum Gasteiger partial charge on any atom is -0.385 e. The SMILES string of the molecule is Cc1cc(F)ccc1C1(O)CCCCC1(C)C. The predicted molar refractivity (Wildman–Crippen MR) is 67.3 cm³/mol. The van der Waals surface area contributed by atoms with Gasteiger partial charge in [0.05, 0.1) is 5.60 Å². The molecule has 1 aliphatic carbocycles. The molecule has 0 aromatic heterocycles. The summed E-state index contributed by atoms with van der Waals surface area (Å²) in [4.78, 5) is 0. The van der Waals surface area contributed by atoms with E-state index in [0.29, 0.717) is 0 Å². The minimum absolute atomic E-state index is 0.145. The van der Waals surface area contributed by atoms with Crippen LogP contribution in [0.2, 0.25) is 0 Å². The number of rotatable bonds is 1. The Morgan fingerprint density at radius 2 is 1.82 bits per heavy atom. The average Bonchev–Trinajstić information content (AvgIpc) is 2.22. The summed E-state index contributed by atoms with van der Waals surface area (Å²) in [5.41, 5.74) is 0.780. The van der Waals surface area contributed by atoms with E-state index in [1.54, 1.807) is 6.07 Å². The number of aryl methyl sites for hydroxylation is 1. The van der Waals surface area contributed by atoms with Gasteiger partial charge in [-0.25, -0.2) is 4.39 Å². The maximum Gasteiger partial charge on any atom is 0.123 e. The molecule has 94 valence electrons. The molecule has 1 atom stereocenters. The smallest absolute Gasteiger partial charge is 0.123 e. The summed E-state index contributed by atoms with van der Waals surface area (Å²) in [6.45, 7) is 6.09. The van der Waals surface area contributed by atoms with Crippen LogP contribution in [0, 0.1) is 18.2 Å². The summed E-state index contributed by atoms with van der Waals surface area (Å²) in [6, 6.07) is 4.71. The molecule has 1 aliphatic rings. The van der Waals surface area contributed by atoms with Crippen molar-refractivity contribution in [1.82, 2.24) is 0 Å². The van der Waals surface area contributed by atoms with Gasteiger partial charge in [0.2, 0.25) is 0 Å². The first-order chi connectivity index (χ1) is 7.87. The summed E-state index contributed by atoms with van der Waals surface area (Å²) in [6.07, 6.45) is 3.99. The zero-order valence-electron chi connectivity index (χ0n) is 10.9. The fourth-order valence-electron chi connectivity index (χ4n) is 3.08. The van der Waals surface area contributed by atoms with Crippen molar-refractivity contribution >= 4 is 0 Å². The van der Waals surface area contributed by atoms with E-state index in [0.717, 1.165) is 36.8 Å². The van der Waals surface area contributed by atoms with Crippen LogP contribution in [0.15, 0.2) is 18.2 Å². The zero-order chi connectivity index (χ0) is 12.7. The zero-order valence-corrected chi connectivity index (χ0v) is 10.9. The van der Waals surface area contributed by atoms with Crippen molar-refractivity contribution in [3.05, 3.63) is 35.1 Å². The summed E-state index contributed by atoms with van der Waals surface area (Å²) < 4.78 is 13.2. The fourth-order valence-corrected chi connectivity index (χ4v) is 3.08. The van der Waals surface area contributed by atoms with Crippen LogP contribution in [0.1, 0.15) is 50.7 Å². The van der Waals surface area contributed by atoms with Gasteiger partial charge in [0.15, 0.2) is 0 Å². The van der Waals surface area contributed by atoms with Gasteiger partial charge in [0.1, 0.15) is 5.82 Å². The number of hydrogen-bond acceptors (Lipinski definition) is 1. The highest BCUT2D eigenvalue weighted by Gasteiger charge is 2.46. The van der Waals surface area contributed by atoms with Crippen molar-refractivity contribution in [3.8, 4) is 0 Å². The molecule has 2 heteroatoms. The average molecular weight is 236 g/mol. The van der Waals surface area contributed by atoms with Gasteiger partial charge in [-0.15, -0.1) is 0 Å². The predicted octanol–water partition coefficient (Wildman–Crippen LogP) is 3.92. The number of halogens is 1. The lowest BCUT2D eigenvalue weighted by atomic mass is 9.62. The number of aliphatic hydroxyl groups is 1. The Labute approximate surface area is 103 Å². The summed E-state index contributed by atoms with van der Waals surface area (Å²) in [5.74, 6) is -0.233. The van der Waals surface area contributed by atoms with Gasteiger partial charge in [0.25, 0.3) is 0 Å². The van der Waals surface area contributed by atoms with Gasteiger partial charge >= 0.3 is 0 Å². The molecule has 0 amide bonds. The van der Waals surface area contributed by atoms with Crippen molar-refractivity contribution in [2.45, 2.75) is 52.1 Å². The molecular weight excluding hydrogens is 215 g/mol. The first-order valence-electron chi connectivity index (χ1n) is 6.36. The highest BCUT2D eigenvalue weighted by Crippen LogP contribution is 2.50. The third kappa shape index (κ3) is 1.99. The molecule has 1 N–H and O–H groups in total. The summed E-state index contributed by atoms with van der Waals surface area (Å²) >= 11 is 0. The summed E-state index contributed by atoms with van der Waals surface area (Å²) in [5, 5.41) is 11.0. The monoisotopic (exact) mass is 236 g/mol. The van der Waals surface area contributed by atoms with Crippen LogP contribution in [0.3, 0.4) is 0 Å². The lowest BCUT2D eigenvalue weighted by Gasteiger charge is -2.47. The van der Waals surface area contributed by atoms with E-state index < -0.39 is 5.60 Å². The lowest BCUT2D eigenvalue weighted by Crippen LogP contribution is -2.45. The van der Waals surface area contributed by atoms with Crippen LogP contribution in [-0.2, 0) is 5.60 Å². The van der Waals surface area contributed by atoms with Crippen molar-refractivity contribution in [2.24, 2.45) is 5.41 Å². The van der Waals surface area contributed by atoms with Gasteiger partial charge < -0.3 is 5.11 Å². The molecular formula is C15H21FO. The standard InChI is InChI=1S/C15H21FO/c1-11-10-12(16)6-7-13(11)15(17)9-5-4-8-14(15,2)3/h6-7,10,17H,4-5,8-9H2,1-3H3. The molecule has 17 heavy (non-hydrogen) atoms. The van der Waals surface area contributed by atoms with Crippen molar-refractivity contribution in [3.63, 3.8) is 0 Å². The molecule has 1 saturated carbocycles. The maximum atomic E-state index is 13.2. The van der Waals surface area contributed by atoms with Crippen molar-refractivity contribution in [2.75, 3.05) is 0 Å². The molecule has 0 spiro atoms. The highest BCUT2D eigenvalue weighted by molar-refractivity contribution is 5.34. The van der Waals surface area contributed by atoms with E-state index >= 15 is 0 Å². The van der Waals surface area contributed by atoms with Crippen molar-refractivity contribution < 1.29 is 9.50 Å². The first kappa shape index (κ1) is 12.6. The largest absolute Gasteiger partial charge is 0.385 e. The van der Waals surface area contributed by atoms with E-state index in [2.05, 4.69) is 13.8 Å². The molecule has 0 heterocycles. The molecule has 1 fully saturated rings. The van der Waals surface area contributed by atoms with Gasteiger partial charge in [-0.3, -0.25) is 0 Å². The van der Waals surface area contributed by atoms with E-state index in [1.807, 2.05) is 6.92 Å². The Hall–Kier alpha value is -0.890. The first-order valence-corrected chi connectivity index (χ1v) is 6.36. The molecule has 2 rings (SSSR count). The Morgan fingerprint density at radius 1 is 1.18 bits per heavy atom. The highest BCUT2D eigenvalue weighted by atomic mass is 19.1. The van der Waals surface area contributed by atoms with E-state index in [-0.39, 0.29) is 11.2 Å². The third-order valence-corrected chi connectivity index (χ3v) is 4.34. The van der Waals surface area contributed by atoms with Gasteiger partial charge in [-0.05, 0) is 48.4 Å². The van der Waals surface area contributed by atoms with E-state index in [9.17, 15) is 9.50 Å². The van der Waals surface area contributed by atoms with Gasteiger partial charge in [-0.1, -0.05) is 32.8 Å². The Morgan fingerprint density at radius 3 is 2.41 bits per heavy atom. The van der Waals surface area contributed by atoms with Crippen LogP contribution in [0.4, 0.5) is 4.39 Å². The quantitative estimate of drug-likeness (QED) is 0.783. The molecule has 0 radical (unpaired) electrons. The lowest BCUT2D eigenvalue weighted by molar-refractivity contribution is -0.104. The molecule has 1 aromatic rings. The molecule has 0 aliphatic heterocycles. The van der Waals surface area contributed by atoms with Crippen LogP contribution in [0.25, 0.3) is 0 Å². The van der Waals surface area contributed by atoms with Crippen LogP contribution < -0.4 is 0 Å². The molecule has 0 bridgehead atoms. The topological polar surface area (TPSA) is 20.2 Å². The maximum absolute atomic E-state index is 13.2. The molecule has 1 nitrogen and oxygen atoms in total. The fraction of sp³-hybridized carbons (Fsp3) is 0.600. The molecule has 1 aromatic carbocycles. The third-order valence-electron chi connectivity index (χ3n) is 4.34. The molecule has 0 saturated heterocycles. The summed E-state index contributed by atoms with van der Waals surface area (Å²) in [7, 11) is 0. The van der Waals surface area contributed by atoms with Crippen LogP contribution >= 0.6 is 0 Å². The van der Waals surface area contributed by atoms with Gasteiger partial charge in [-0.2, -0.15) is 0 Å². The van der Waals surface area contributed by atoms with Gasteiger partial charge in [0, 0.05) is 0 Å². The Balaban J connectivity index is 2.49. The second kappa shape index (κ2) is 4.09. The van der Waals surface area contributed by atoms with Crippen molar-refractivity contribution in [1.29, 1.82) is 0 Å². The van der Waals surface area contributed by atoms with Crippen LogP contribution in [0.5, 0.6) is 0 Å². The Bertz CT molecular complexity index is 425. The number of hydrogen-bond donors (Lipinski definition) is 1.